The van der Waals surface area contributed by atoms with E-state index < -0.39 is 53.4 Å². The zero-order valence-electron chi connectivity index (χ0n) is 13.6. The summed E-state index contributed by atoms with van der Waals surface area (Å²) in [5.41, 5.74) is 5.88. The van der Waals surface area contributed by atoms with Gasteiger partial charge < -0.3 is 15.7 Å². The predicted octanol–water partition coefficient (Wildman–Crippen LogP) is 0.582. The van der Waals surface area contributed by atoms with Gasteiger partial charge >= 0.3 is 5.97 Å². The largest absolute Gasteiger partial charge is 0.481 e. The van der Waals surface area contributed by atoms with Gasteiger partial charge in [-0.3, -0.25) is 14.5 Å². The zero-order chi connectivity index (χ0) is 18.0. The Morgan fingerprint density at radius 3 is 2.64 bits per heavy atom. The van der Waals surface area contributed by atoms with Gasteiger partial charge in [0, 0.05) is 25.0 Å². The standard InChI is InChI=1S/C16H21F2N3O3S/c1-6-21-12-8(14(22)10(16(23)24)15(21)25-6)4-9(17)13(11(12)18)20-3-2-7(19)5-20/h7-13,15H,1-5,19H2,(H,23,24)/t7-,8?,9?,10?,11?,12?,13?,15?/m0/s1. The molecule has 3 heterocycles. The van der Waals surface area contributed by atoms with Gasteiger partial charge in [0.05, 0.1) is 17.1 Å². The molecule has 0 bridgehead atoms. The molecule has 0 spiro atoms. The molecule has 6 nitrogen and oxygen atoms in total. The lowest BCUT2D eigenvalue weighted by Gasteiger charge is -2.59. The van der Waals surface area contributed by atoms with Crippen LogP contribution in [0.4, 0.5) is 8.78 Å². The van der Waals surface area contributed by atoms with E-state index in [2.05, 4.69) is 6.58 Å². The van der Waals surface area contributed by atoms with Gasteiger partial charge in [-0.25, -0.2) is 8.78 Å². The first-order valence-corrected chi connectivity index (χ1v) is 9.37. The van der Waals surface area contributed by atoms with E-state index in [1.54, 1.807) is 9.80 Å². The normalized spacial score (nSPS) is 47.2. The molecule has 0 aromatic carbocycles. The third kappa shape index (κ3) is 2.43. The van der Waals surface area contributed by atoms with Gasteiger partial charge in [-0.15, -0.1) is 0 Å². The summed E-state index contributed by atoms with van der Waals surface area (Å²) in [5, 5.41) is 9.30. The minimum Gasteiger partial charge on any atom is -0.481 e. The monoisotopic (exact) mass is 373 g/mol. The van der Waals surface area contributed by atoms with Crippen LogP contribution in [-0.4, -0.2) is 75.6 Å². The van der Waals surface area contributed by atoms with Crippen LogP contribution in [0.5, 0.6) is 0 Å². The Morgan fingerprint density at radius 1 is 1.36 bits per heavy atom. The number of carboxylic acids is 1. The number of rotatable bonds is 2. The molecule has 3 N–H and O–H groups in total. The molecule has 0 amide bonds. The first-order chi connectivity index (χ1) is 11.8. The third-order valence-electron chi connectivity index (χ3n) is 5.96. The molecule has 4 aliphatic rings. The number of nitrogens with zero attached hydrogens (tertiary/aromatic N) is 2. The van der Waals surface area contributed by atoms with Crippen LogP contribution in [-0.2, 0) is 9.59 Å². The topological polar surface area (TPSA) is 86.9 Å². The average molecular weight is 373 g/mol. The third-order valence-corrected chi connectivity index (χ3v) is 7.18. The molecule has 7 unspecified atom stereocenters. The first kappa shape index (κ1) is 17.2. The molecule has 0 aromatic rings. The zero-order valence-corrected chi connectivity index (χ0v) is 14.4. The molecule has 4 fully saturated rings. The molecule has 8 atom stereocenters. The number of Topliss-reactive ketones (excluding diaryl/α,β-unsaturated/α-hetero) is 1. The van der Waals surface area contributed by atoms with Crippen molar-refractivity contribution in [3.8, 4) is 0 Å². The van der Waals surface area contributed by atoms with Crippen LogP contribution in [0, 0.1) is 11.8 Å². The maximum absolute atomic E-state index is 15.4. The van der Waals surface area contributed by atoms with Gasteiger partial charge in [-0.2, -0.15) is 0 Å². The number of thioether (sulfide) groups is 1. The fourth-order valence-corrected chi connectivity index (χ4v) is 6.07. The van der Waals surface area contributed by atoms with Crippen molar-refractivity contribution in [1.29, 1.82) is 0 Å². The second-order valence-electron chi connectivity index (χ2n) is 7.36. The lowest BCUT2D eigenvalue weighted by atomic mass is 9.70. The van der Waals surface area contributed by atoms with Gasteiger partial charge in [-0.1, -0.05) is 18.3 Å². The smallest absolute Gasteiger partial charge is 0.317 e. The highest BCUT2D eigenvalue weighted by atomic mass is 32.2. The Morgan fingerprint density at radius 2 is 2.08 bits per heavy atom. The van der Waals surface area contributed by atoms with Crippen LogP contribution in [0.2, 0.25) is 0 Å². The number of halogens is 2. The van der Waals surface area contributed by atoms with E-state index in [1.165, 1.54) is 11.8 Å². The van der Waals surface area contributed by atoms with Crippen LogP contribution in [0.15, 0.2) is 11.6 Å². The summed E-state index contributed by atoms with van der Waals surface area (Å²) >= 11 is 1.18. The SMILES string of the molecule is C=C1SC2C(C(=O)O)C(=O)C3CC(F)C(N4CC[C@H](N)C4)C(F)C3N12. The fraction of sp³-hybridized carbons (Fsp3) is 0.750. The van der Waals surface area contributed by atoms with Crippen molar-refractivity contribution in [1.82, 2.24) is 9.80 Å². The number of aliphatic carboxylic acids is 1. The van der Waals surface area contributed by atoms with Crippen LogP contribution >= 0.6 is 11.8 Å². The van der Waals surface area contributed by atoms with E-state index in [1.807, 2.05) is 0 Å². The molecule has 0 radical (unpaired) electrons. The van der Waals surface area contributed by atoms with Crippen molar-refractivity contribution in [2.45, 2.75) is 48.7 Å². The average Bonchev–Trinajstić information content (AvgIpc) is 2.94. The fourth-order valence-electron chi connectivity index (χ4n) is 4.82. The Bertz CT molecular complexity index is 636. The van der Waals surface area contributed by atoms with Gasteiger partial charge in [-0.05, 0) is 12.8 Å². The van der Waals surface area contributed by atoms with Crippen molar-refractivity contribution in [3.05, 3.63) is 11.6 Å². The number of piperidine rings is 1. The molecule has 0 aromatic heterocycles. The van der Waals surface area contributed by atoms with Crippen molar-refractivity contribution >= 4 is 23.5 Å². The summed E-state index contributed by atoms with van der Waals surface area (Å²) in [6.45, 7) is 4.81. The molecule has 3 aliphatic heterocycles. The second kappa shape index (κ2) is 5.92. The Hall–Kier alpha value is -1.19. The molecule has 138 valence electrons. The van der Waals surface area contributed by atoms with E-state index in [-0.39, 0.29) is 12.5 Å². The Kier molecular flexibility index (Phi) is 4.08. The lowest BCUT2D eigenvalue weighted by molar-refractivity contribution is -0.160. The van der Waals surface area contributed by atoms with Gasteiger partial charge in [0.1, 0.15) is 23.6 Å². The minimum atomic E-state index is -1.59. The van der Waals surface area contributed by atoms with Crippen LogP contribution in [0.1, 0.15) is 12.8 Å². The Labute approximate surface area is 148 Å². The summed E-state index contributed by atoms with van der Waals surface area (Å²) in [5.74, 6) is -4.00. The van der Waals surface area contributed by atoms with Crippen LogP contribution in [0.3, 0.4) is 0 Å². The van der Waals surface area contributed by atoms with Crippen molar-refractivity contribution < 1.29 is 23.5 Å². The number of carbonyl (C=O) groups is 2. The minimum absolute atomic E-state index is 0.0937. The number of nitrogens with two attached hydrogens (primary N) is 1. The number of hydrogen-bond donors (Lipinski definition) is 2. The predicted molar refractivity (Wildman–Crippen MR) is 88.1 cm³/mol. The number of alkyl halides is 2. The number of fused-ring (bicyclic) bond motifs is 3. The summed E-state index contributed by atoms with van der Waals surface area (Å²) < 4.78 is 30.3. The molecule has 1 saturated carbocycles. The van der Waals surface area contributed by atoms with E-state index >= 15 is 4.39 Å². The summed E-state index contributed by atoms with van der Waals surface area (Å²) in [4.78, 5) is 27.5. The number of likely N-dealkylation sites (tertiary alicyclic amines) is 1. The molecule has 25 heavy (non-hydrogen) atoms. The number of carboxylic acid groups (broad SMARTS) is 1. The van der Waals surface area contributed by atoms with Crippen LogP contribution in [0.25, 0.3) is 0 Å². The molecule has 1 aliphatic carbocycles. The van der Waals surface area contributed by atoms with E-state index in [4.69, 9.17) is 5.73 Å². The highest BCUT2D eigenvalue weighted by Gasteiger charge is 2.63. The van der Waals surface area contributed by atoms with E-state index in [0.29, 0.717) is 24.5 Å². The lowest BCUT2D eigenvalue weighted by Crippen LogP contribution is -2.72. The van der Waals surface area contributed by atoms with Crippen molar-refractivity contribution in [2.24, 2.45) is 17.6 Å². The van der Waals surface area contributed by atoms with Crippen LogP contribution < -0.4 is 5.73 Å². The Balaban J connectivity index is 1.65. The maximum atomic E-state index is 15.4. The number of hydrogen-bond acceptors (Lipinski definition) is 6. The number of carbonyl (C=O) groups excluding carboxylic acids is 1. The summed E-state index contributed by atoms with van der Waals surface area (Å²) in [6.07, 6.45) is -2.55. The van der Waals surface area contributed by atoms with Gasteiger partial charge in [0.25, 0.3) is 0 Å². The van der Waals surface area contributed by atoms with Crippen molar-refractivity contribution in [3.63, 3.8) is 0 Å². The van der Waals surface area contributed by atoms with E-state index in [0.717, 1.165) is 0 Å². The highest BCUT2D eigenvalue weighted by Crippen LogP contribution is 2.54. The summed E-state index contributed by atoms with van der Waals surface area (Å²) in [6, 6.07) is -1.87. The maximum Gasteiger partial charge on any atom is 0.317 e. The molecular weight excluding hydrogens is 352 g/mol. The van der Waals surface area contributed by atoms with Gasteiger partial charge in [0.2, 0.25) is 0 Å². The highest BCUT2D eigenvalue weighted by molar-refractivity contribution is 8.05. The molecular formula is C16H21F2N3O3S. The summed E-state index contributed by atoms with van der Waals surface area (Å²) in [7, 11) is 0. The molecule has 4 rings (SSSR count). The number of ketones is 1. The van der Waals surface area contributed by atoms with E-state index in [9.17, 15) is 19.1 Å². The van der Waals surface area contributed by atoms with Crippen molar-refractivity contribution in [2.75, 3.05) is 13.1 Å². The second-order valence-corrected chi connectivity index (χ2v) is 8.55. The molecule has 3 saturated heterocycles. The molecule has 9 heteroatoms. The first-order valence-electron chi connectivity index (χ1n) is 8.49. The van der Waals surface area contributed by atoms with Gasteiger partial charge in [0.15, 0.2) is 5.78 Å². The quantitative estimate of drug-likeness (QED) is 0.685.